The van der Waals surface area contributed by atoms with Crippen molar-refractivity contribution in [3.05, 3.63) is 22.4 Å². The van der Waals surface area contributed by atoms with Crippen molar-refractivity contribution in [1.29, 1.82) is 0 Å². The van der Waals surface area contributed by atoms with Crippen LogP contribution in [0.4, 0.5) is 10.1 Å². The van der Waals surface area contributed by atoms with Crippen LogP contribution in [0.2, 0.25) is 0 Å². The van der Waals surface area contributed by atoms with E-state index in [0.717, 1.165) is 6.07 Å². The highest BCUT2D eigenvalue weighted by molar-refractivity contribution is 9.10. The van der Waals surface area contributed by atoms with E-state index in [1.54, 1.807) is 0 Å². The van der Waals surface area contributed by atoms with Crippen LogP contribution in [-0.4, -0.2) is 37.4 Å². The molecule has 0 aliphatic heterocycles. The second-order valence-electron chi connectivity index (χ2n) is 4.29. The number of rotatable bonds is 5. The standard InChI is InChI=1S/C10H14BrFN2O4S/c1-10(16,5-15)4-14-19(17,18)8-3-6(13)2-7(11)9(8)12/h2-3,14-16H,4-5,13H2,1H3. The number of nitrogen functional groups attached to an aromatic ring is 1. The predicted molar refractivity (Wildman–Crippen MR) is 71.4 cm³/mol. The molecule has 6 nitrogen and oxygen atoms in total. The summed E-state index contributed by atoms with van der Waals surface area (Å²) >= 11 is 2.86. The zero-order chi connectivity index (χ0) is 14.8. The Labute approximate surface area is 118 Å². The van der Waals surface area contributed by atoms with Crippen LogP contribution >= 0.6 is 15.9 Å². The molecule has 1 aromatic carbocycles. The molecule has 5 N–H and O–H groups in total. The van der Waals surface area contributed by atoms with Gasteiger partial charge in [-0.05, 0) is 35.0 Å². The number of nitrogens with two attached hydrogens (primary N) is 1. The zero-order valence-electron chi connectivity index (χ0n) is 10.0. The summed E-state index contributed by atoms with van der Waals surface area (Å²) in [5, 5.41) is 18.3. The van der Waals surface area contributed by atoms with Crippen molar-refractivity contribution >= 4 is 31.6 Å². The van der Waals surface area contributed by atoms with Gasteiger partial charge < -0.3 is 15.9 Å². The fourth-order valence-electron chi connectivity index (χ4n) is 1.16. The molecule has 0 heterocycles. The molecular formula is C10H14BrFN2O4S. The van der Waals surface area contributed by atoms with Crippen LogP contribution in [0, 0.1) is 5.82 Å². The Bertz CT molecular complexity index is 577. The van der Waals surface area contributed by atoms with Crippen LogP contribution in [0.15, 0.2) is 21.5 Å². The van der Waals surface area contributed by atoms with Crippen LogP contribution in [-0.2, 0) is 10.0 Å². The lowest BCUT2D eigenvalue weighted by molar-refractivity contribution is 0.00680. The number of nitrogens with one attached hydrogen (secondary N) is 1. The molecule has 0 radical (unpaired) electrons. The largest absolute Gasteiger partial charge is 0.399 e. The summed E-state index contributed by atoms with van der Waals surface area (Å²) in [7, 11) is -4.19. The number of anilines is 1. The van der Waals surface area contributed by atoms with Gasteiger partial charge in [0.25, 0.3) is 0 Å². The number of benzene rings is 1. The van der Waals surface area contributed by atoms with Crippen LogP contribution in [0.25, 0.3) is 0 Å². The first-order valence-electron chi connectivity index (χ1n) is 5.16. The molecule has 1 rings (SSSR count). The van der Waals surface area contributed by atoms with Gasteiger partial charge in [0, 0.05) is 12.2 Å². The molecule has 0 saturated heterocycles. The van der Waals surface area contributed by atoms with E-state index in [0.29, 0.717) is 0 Å². The lowest BCUT2D eigenvalue weighted by Crippen LogP contribution is -2.43. The molecule has 0 aliphatic rings. The fraction of sp³-hybridized carbons (Fsp3) is 0.400. The fourth-order valence-corrected chi connectivity index (χ4v) is 3.07. The van der Waals surface area contributed by atoms with Gasteiger partial charge in [-0.25, -0.2) is 17.5 Å². The van der Waals surface area contributed by atoms with Crippen molar-refractivity contribution in [2.24, 2.45) is 0 Å². The molecule has 1 aromatic rings. The summed E-state index contributed by atoms with van der Waals surface area (Å²) in [6, 6.07) is 2.20. The Balaban J connectivity index is 3.08. The Morgan fingerprint density at radius 2 is 2.11 bits per heavy atom. The molecule has 0 aliphatic carbocycles. The van der Waals surface area contributed by atoms with E-state index in [-0.39, 0.29) is 10.2 Å². The highest BCUT2D eigenvalue weighted by Crippen LogP contribution is 2.26. The molecule has 0 saturated carbocycles. The Morgan fingerprint density at radius 3 is 2.63 bits per heavy atom. The molecule has 108 valence electrons. The summed E-state index contributed by atoms with van der Waals surface area (Å²) in [5.41, 5.74) is 3.89. The average molecular weight is 357 g/mol. The quantitative estimate of drug-likeness (QED) is 0.562. The number of aliphatic hydroxyl groups is 2. The van der Waals surface area contributed by atoms with Gasteiger partial charge in [0.15, 0.2) is 5.82 Å². The zero-order valence-corrected chi connectivity index (χ0v) is 12.4. The van der Waals surface area contributed by atoms with Gasteiger partial charge in [0.1, 0.15) is 4.90 Å². The first kappa shape index (κ1) is 16.3. The van der Waals surface area contributed by atoms with E-state index in [4.69, 9.17) is 10.8 Å². The average Bonchev–Trinajstić information content (AvgIpc) is 2.31. The van der Waals surface area contributed by atoms with E-state index in [2.05, 4.69) is 15.9 Å². The molecule has 0 spiro atoms. The van der Waals surface area contributed by atoms with Gasteiger partial charge in [0.2, 0.25) is 10.0 Å². The normalized spacial score (nSPS) is 15.2. The van der Waals surface area contributed by atoms with Crippen molar-refractivity contribution in [1.82, 2.24) is 4.72 Å². The number of hydrogen-bond donors (Lipinski definition) is 4. The van der Waals surface area contributed by atoms with E-state index in [1.165, 1.54) is 13.0 Å². The van der Waals surface area contributed by atoms with E-state index < -0.39 is 39.5 Å². The molecule has 1 atom stereocenters. The maximum Gasteiger partial charge on any atom is 0.243 e. The molecule has 0 amide bonds. The molecular weight excluding hydrogens is 343 g/mol. The Kier molecular flexibility index (Phi) is 4.91. The van der Waals surface area contributed by atoms with E-state index in [1.807, 2.05) is 4.72 Å². The highest BCUT2D eigenvalue weighted by atomic mass is 79.9. The molecule has 1 unspecified atom stereocenters. The van der Waals surface area contributed by atoms with Crippen molar-refractivity contribution < 1.29 is 23.0 Å². The third-order valence-electron chi connectivity index (χ3n) is 2.29. The third kappa shape index (κ3) is 4.11. The van der Waals surface area contributed by atoms with Gasteiger partial charge >= 0.3 is 0 Å². The second kappa shape index (κ2) is 5.71. The van der Waals surface area contributed by atoms with Gasteiger partial charge in [-0.15, -0.1) is 0 Å². The Hall–Kier alpha value is -0.740. The monoisotopic (exact) mass is 356 g/mol. The molecule has 0 bridgehead atoms. The topological polar surface area (TPSA) is 113 Å². The van der Waals surface area contributed by atoms with Crippen molar-refractivity contribution in [2.75, 3.05) is 18.9 Å². The molecule has 19 heavy (non-hydrogen) atoms. The maximum absolute atomic E-state index is 13.7. The van der Waals surface area contributed by atoms with Gasteiger partial charge in [-0.2, -0.15) is 0 Å². The number of sulfonamides is 1. The van der Waals surface area contributed by atoms with Gasteiger partial charge in [-0.1, -0.05) is 0 Å². The first-order valence-corrected chi connectivity index (χ1v) is 7.44. The minimum absolute atomic E-state index is 0.0718. The Morgan fingerprint density at radius 1 is 1.53 bits per heavy atom. The summed E-state index contributed by atoms with van der Waals surface area (Å²) in [4.78, 5) is -0.631. The summed E-state index contributed by atoms with van der Waals surface area (Å²) in [5.74, 6) is -0.981. The van der Waals surface area contributed by atoms with Crippen LogP contribution in [0.5, 0.6) is 0 Å². The number of halogens is 2. The summed E-state index contributed by atoms with van der Waals surface area (Å²) < 4.78 is 39.5. The highest BCUT2D eigenvalue weighted by Gasteiger charge is 2.26. The lowest BCUT2D eigenvalue weighted by atomic mass is 10.1. The smallest absolute Gasteiger partial charge is 0.243 e. The number of aliphatic hydroxyl groups excluding tert-OH is 1. The molecule has 0 fully saturated rings. The third-order valence-corrected chi connectivity index (χ3v) is 4.27. The van der Waals surface area contributed by atoms with Gasteiger partial charge in [-0.3, -0.25) is 0 Å². The SMILES string of the molecule is CC(O)(CO)CNS(=O)(=O)c1cc(N)cc(Br)c1F. The minimum Gasteiger partial charge on any atom is -0.399 e. The van der Waals surface area contributed by atoms with Crippen LogP contribution in [0.1, 0.15) is 6.92 Å². The minimum atomic E-state index is -4.19. The molecule has 0 aromatic heterocycles. The van der Waals surface area contributed by atoms with Crippen LogP contribution < -0.4 is 10.5 Å². The maximum atomic E-state index is 13.7. The van der Waals surface area contributed by atoms with Crippen molar-refractivity contribution in [3.8, 4) is 0 Å². The van der Waals surface area contributed by atoms with Crippen LogP contribution in [0.3, 0.4) is 0 Å². The van der Waals surface area contributed by atoms with Crippen molar-refractivity contribution in [3.63, 3.8) is 0 Å². The lowest BCUT2D eigenvalue weighted by Gasteiger charge is -2.20. The summed E-state index contributed by atoms with van der Waals surface area (Å²) in [6.07, 6.45) is 0. The van der Waals surface area contributed by atoms with E-state index in [9.17, 15) is 17.9 Å². The van der Waals surface area contributed by atoms with Crippen molar-refractivity contribution in [2.45, 2.75) is 17.4 Å². The van der Waals surface area contributed by atoms with Gasteiger partial charge in [0.05, 0.1) is 16.7 Å². The van der Waals surface area contributed by atoms with E-state index >= 15 is 0 Å². The molecule has 9 heteroatoms. The predicted octanol–water partition coefficient (Wildman–Crippen LogP) is 0.192. The second-order valence-corrected chi connectivity index (χ2v) is 6.88. The summed E-state index contributed by atoms with van der Waals surface area (Å²) in [6.45, 7) is 0.136. The number of hydrogen-bond acceptors (Lipinski definition) is 5. The first-order chi connectivity index (χ1) is 8.59.